The van der Waals surface area contributed by atoms with Crippen LogP contribution in [-0.2, 0) is 4.79 Å². The van der Waals surface area contributed by atoms with E-state index < -0.39 is 5.41 Å². The number of amides is 1. The van der Waals surface area contributed by atoms with Crippen molar-refractivity contribution < 1.29 is 9.90 Å². The normalized spacial score (nSPS) is 25.5. The molecule has 1 N–H and O–H groups in total. The zero-order valence-electron chi connectivity index (χ0n) is 8.78. The number of aliphatic hydroxyl groups excluding tert-OH is 1. The minimum atomic E-state index is -0.779. The number of hydrogen-bond acceptors (Lipinski definition) is 3. The summed E-state index contributed by atoms with van der Waals surface area (Å²) in [5.74, 6) is -0.0602. The first kappa shape index (κ1) is 10.4. The molecule has 0 aromatic heterocycles. The molecule has 4 nitrogen and oxygen atoms in total. The number of carbonyl (C=O) groups is 1. The number of nitrogens with zero attached hydrogens (tertiary/aromatic N) is 2. The van der Waals surface area contributed by atoms with Crippen molar-refractivity contribution >= 4 is 5.91 Å². The predicted octanol–water partition coefficient (Wildman–Crippen LogP) is 0.664. The summed E-state index contributed by atoms with van der Waals surface area (Å²) in [5, 5.41) is 18.3. The number of β-amino-alcohol motifs (C(OH)–C–C–N with tert-alkyl or cyclic N) is 1. The molecule has 2 rings (SSSR count). The van der Waals surface area contributed by atoms with Gasteiger partial charge in [-0.3, -0.25) is 4.79 Å². The van der Waals surface area contributed by atoms with Crippen LogP contribution in [0.3, 0.4) is 0 Å². The zero-order valence-corrected chi connectivity index (χ0v) is 8.78. The number of carbonyl (C=O) groups excluding carboxylic acids is 1. The van der Waals surface area contributed by atoms with E-state index in [0.717, 1.165) is 19.3 Å². The first-order chi connectivity index (χ1) is 7.18. The molecular weight excluding hydrogens is 192 g/mol. The van der Waals surface area contributed by atoms with Gasteiger partial charge in [0.15, 0.2) is 0 Å². The smallest absolute Gasteiger partial charge is 0.243 e. The number of hydrogen-bond donors (Lipinski definition) is 1. The Hall–Kier alpha value is -1.08. The summed E-state index contributed by atoms with van der Waals surface area (Å²) in [4.78, 5) is 13.7. The van der Waals surface area contributed by atoms with Gasteiger partial charge >= 0.3 is 0 Å². The fourth-order valence-corrected chi connectivity index (χ4v) is 2.45. The lowest BCUT2D eigenvalue weighted by Crippen LogP contribution is -2.58. The monoisotopic (exact) mass is 208 g/mol. The first-order valence-corrected chi connectivity index (χ1v) is 5.57. The molecule has 1 aliphatic heterocycles. The van der Waals surface area contributed by atoms with Gasteiger partial charge in [0.25, 0.3) is 0 Å². The molecule has 1 aliphatic carbocycles. The topological polar surface area (TPSA) is 64.3 Å². The van der Waals surface area contributed by atoms with Crippen molar-refractivity contribution in [2.75, 3.05) is 13.1 Å². The fourth-order valence-electron chi connectivity index (χ4n) is 2.45. The molecule has 1 saturated carbocycles. The SMILES string of the molecule is N#CC1(C(=O)N2CC(O)C2)CCCCC1. The minimum absolute atomic E-state index is 0.0602. The van der Waals surface area contributed by atoms with Gasteiger partial charge in [-0.25, -0.2) is 0 Å². The predicted molar refractivity (Wildman–Crippen MR) is 53.7 cm³/mol. The highest BCUT2D eigenvalue weighted by Crippen LogP contribution is 2.38. The van der Waals surface area contributed by atoms with Crippen LogP contribution in [0.25, 0.3) is 0 Å². The summed E-state index contributed by atoms with van der Waals surface area (Å²) < 4.78 is 0. The third kappa shape index (κ3) is 1.72. The van der Waals surface area contributed by atoms with Crippen LogP contribution >= 0.6 is 0 Å². The molecule has 0 aromatic carbocycles. The van der Waals surface area contributed by atoms with E-state index in [-0.39, 0.29) is 12.0 Å². The quantitative estimate of drug-likeness (QED) is 0.688. The Morgan fingerprint density at radius 3 is 2.40 bits per heavy atom. The summed E-state index contributed by atoms with van der Waals surface area (Å²) in [6.07, 6.45) is 4.06. The van der Waals surface area contributed by atoms with Crippen LogP contribution in [0.5, 0.6) is 0 Å². The maximum absolute atomic E-state index is 12.1. The van der Waals surface area contributed by atoms with Crippen molar-refractivity contribution in [2.24, 2.45) is 5.41 Å². The molecule has 2 aliphatic rings. The molecule has 15 heavy (non-hydrogen) atoms. The van der Waals surface area contributed by atoms with Gasteiger partial charge in [-0.15, -0.1) is 0 Å². The number of rotatable bonds is 1. The zero-order chi connectivity index (χ0) is 10.9. The van der Waals surface area contributed by atoms with Crippen LogP contribution in [0, 0.1) is 16.7 Å². The van der Waals surface area contributed by atoms with E-state index in [0.29, 0.717) is 25.9 Å². The third-order valence-corrected chi connectivity index (χ3v) is 3.48. The van der Waals surface area contributed by atoms with Crippen LogP contribution in [0.15, 0.2) is 0 Å². The lowest BCUT2D eigenvalue weighted by molar-refractivity contribution is -0.150. The second kappa shape index (κ2) is 3.82. The molecule has 1 heterocycles. The number of nitriles is 1. The molecule has 0 bridgehead atoms. The highest BCUT2D eigenvalue weighted by molar-refractivity contribution is 5.86. The van der Waals surface area contributed by atoms with E-state index in [1.54, 1.807) is 4.90 Å². The lowest BCUT2D eigenvalue weighted by Gasteiger charge is -2.41. The van der Waals surface area contributed by atoms with Gasteiger partial charge in [-0.05, 0) is 12.8 Å². The third-order valence-electron chi connectivity index (χ3n) is 3.48. The van der Waals surface area contributed by atoms with E-state index in [1.165, 1.54) is 0 Å². The molecule has 0 aromatic rings. The number of aliphatic hydroxyl groups is 1. The van der Waals surface area contributed by atoms with Gasteiger partial charge in [-0.1, -0.05) is 19.3 Å². The van der Waals surface area contributed by atoms with Crippen LogP contribution in [-0.4, -0.2) is 35.1 Å². The Morgan fingerprint density at radius 1 is 1.33 bits per heavy atom. The van der Waals surface area contributed by atoms with Crippen molar-refractivity contribution in [3.05, 3.63) is 0 Å². The second-order valence-corrected chi connectivity index (χ2v) is 4.62. The molecule has 4 heteroatoms. The van der Waals surface area contributed by atoms with Crippen molar-refractivity contribution in [1.29, 1.82) is 5.26 Å². The molecule has 1 saturated heterocycles. The van der Waals surface area contributed by atoms with Crippen LogP contribution in [0.4, 0.5) is 0 Å². The summed E-state index contributed by atoms with van der Waals surface area (Å²) >= 11 is 0. The molecule has 0 atom stereocenters. The molecule has 0 radical (unpaired) electrons. The summed E-state index contributed by atoms with van der Waals surface area (Å²) in [6, 6.07) is 2.21. The lowest BCUT2D eigenvalue weighted by atomic mass is 9.73. The van der Waals surface area contributed by atoms with Gasteiger partial charge in [0.05, 0.1) is 12.2 Å². The summed E-state index contributed by atoms with van der Waals surface area (Å²) in [6.45, 7) is 0.810. The van der Waals surface area contributed by atoms with E-state index in [9.17, 15) is 10.1 Å². The largest absolute Gasteiger partial charge is 0.389 e. The van der Waals surface area contributed by atoms with E-state index in [4.69, 9.17) is 5.11 Å². The van der Waals surface area contributed by atoms with Crippen LogP contribution in [0.2, 0.25) is 0 Å². The Labute approximate surface area is 89.5 Å². The Bertz CT molecular complexity index is 296. The van der Waals surface area contributed by atoms with E-state index in [1.807, 2.05) is 0 Å². The maximum atomic E-state index is 12.1. The van der Waals surface area contributed by atoms with Crippen LogP contribution in [0.1, 0.15) is 32.1 Å². The van der Waals surface area contributed by atoms with Gasteiger partial charge in [0, 0.05) is 13.1 Å². The molecule has 2 fully saturated rings. The average molecular weight is 208 g/mol. The highest BCUT2D eigenvalue weighted by atomic mass is 16.3. The Kier molecular flexibility index (Phi) is 2.66. The maximum Gasteiger partial charge on any atom is 0.243 e. The Morgan fingerprint density at radius 2 is 1.93 bits per heavy atom. The van der Waals surface area contributed by atoms with Crippen molar-refractivity contribution in [3.63, 3.8) is 0 Å². The molecular formula is C11H16N2O2. The van der Waals surface area contributed by atoms with Gasteiger partial charge in [0.2, 0.25) is 5.91 Å². The van der Waals surface area contributed by atoms with Crippen molar-refractivity contribution in [2.45, 2.75) is 38.2 Å². The van der Waals surface area contributed by atoms with Gasteiger partial charge in [0.1, 0.15) is 5.41 Å². The highest BCUT2D eigenvalue weighted by Gasteiger charge is 2.45. The average Bonchev–Trinajstić information content (AvgIpc) is 2.25. The minimum Gasteiger partial charge on any atom is -0.389 e. The van der Waals surface area contributed by atoms with Crippen LogP contribution < -0.4 is 0 Å². The summed E-state index contributed by atoms with van der Waals surface area (Å²) in [7, 11) is 0. The molecule has 0 unspecified atom stereocenters. The van der Waals surface area contributed by atoms with E-state index >= 15 is 0 Å². The Balaban J connectivity index is 2.06. The molecule has 82 valence electrons. The van der Waals surface area contributed by atoms with Gasteiger partial charge in [-0.2, -0.15) is 5.26 Å². The van der Waals surface area contributed by atoms with Crippen molar-refractivity contribution in [1.82, 2.24) is 4.90 Å². The van der Waals surface area contributed by atoms with E-state index in [2.05, 4.69) is 6.07 Å². The molecule has 1 amide bonds. The number of likely N-dealkylation sites (tertiary alicyclic amines) is 1. The first-order valence-electron chi connectivity index (χ1n) is 5.57. The summed E-state index contributed by atoms with van der Waals surface area (Å²) in [5.41, 5.74) is -0.779. The molecule has 0 spiro atoms. The standard InChI is InChI=1S/C11H16N2O2/c12-8-11(4-2-1-3-5-11)10(15)13-6-9(14)7-13/h9,14H,1-7H2. The second-order valence-electron chi connectivity index (χ2n) is 4.62. The van der Waals surface area contributed by atoms with Gasteiger partial charge < -0.3 is 10.0 Å². The fraction of sp³-hybridized carbons (Fsp3) is 0.818. The van der Waals surface area contributed by atoms with Crippen molar-refractivity contribution in [3.8, 4) is 6.07 Å².